The van der Waals surface area contributed by atoms with Crippen LogP contribution in [0.3, 0.4) is 0 Å². The Labute approximate surface area is 109 Å². The van der Waals surface area contributed by atoms with Crippen LogP contribution < -0.4 is 5.32 Å². The molecule has 0 unspecified atom stereocenters. The van der Waals surface area contributed by atoms with Crippen LogP contribution in [0.4, 0.5) is 5.82 Å². The molecule has 0 aromatic carbocycles. The van der Waals surface area contributed by atoms with E-state index in [-0.39, 0.29) is 5.28 Å². The van der Waals surface area contributed by atoms with Crippen molar-refractivity contribution in [3.8, 4) is 0 Å². The van der Waals surface area contributed by atoms with Crippen molar-refractivity contribution in [2.75, 3.05) is 38.8 Å². The number of hydrogen-bond donors (Lipinski definition) is 2. The maximum absolute atomic E-state index is 5.80. The number of ether oxygens (including phenoxy) is 2. The third-order valence-electron chi connectivity index (χ3n) is 2.23. The zero-order valence-electron chi connectivity index (χ0n) is 9.94. The molecule has 0 saturated heterocycles. The lowest BCUT2D eigenvalue weighted by atomic mass is 10.5. The lowest BCUT2D eigenvalue weighted by Gasteiger charge is -2.07. The first-order valence-electron chi connectivity index (χ1n) is 5.48. The second-order valence-electron chi connectivity index (χ2n) is 3.47. The smallest absolute Gasteiger partial charge is 0.226 e. The molecule has 0 aliphatic rings. The van der Waals surface area contributed by atoms with E-state index in [0.29, 0.717) is 37.8 Å². The maximum Gasteiger partial charge on any atom is 0.226 e. The zero-order chi connectivity index (χ0) is 12.8. The van der Waals surface area contributed by atoms with E-state index in [2.05, 4.69) is 25.3 Å². The highest BCUT2D eigenvalue weighted by atomic mass is 35.5. The van der Waals surface area contributed by atoms with Gasteiger partial charge in [0.25, 0.3) is 0 Å². The van der Waals surface area contributed by atoms with Gasteiger partial charge in [0.05, 0.1) is 26.1 Å². The number of nitrogens with one attached hydrogen (secondary N) is 2. The molecule has 2 N–H and O–H groups in total. The SMILES string of the molecule is COCCOCCNc1nc(Cl)nc2nc[nH]c12. The first-order valence-corrected chi connectivity index (χ1v) is 5.86. The first-order chi connectivity index (χ1) is 8.81. The Kier molecular flexibility index (Phi) is 4.68. The Balaban J connectivity index is 1.89. The number of aromatic nitrogens is 4. The summed E-state index contributed by atoms with van der Waals surface area (Å²) in [5, 5.41) is 3.28. The van der Waals surface area contributed by atoms with Crippen LogP contribution in [0.5, 0.6) is 0 Å². The fourth-order valence-corrected chi connectivity index (χ4v) is 1.59. The molecular weight excluding hydrogens is 258 g/mol. The molecular formula is C10H14ClN5O2. The van der Waals surface area contributed by atoms with Gasteiger partial charge in [0.2, 0.25) is 5.28 Å². The molecule has 2 rings (SSSR count). The molecule has 0 spiro atoms. The summed E-state index contributed by atoms with van der Waals surface area (Å²) in [5.41, 5.74) is 1.27. The molecule has 0 radical (unpaired) electrons. The summed E-state index contributed by atoms with van der Waals surface area (Å²) in [6, 6.07) is 0. The second-order valence-corrected chi connectivity index (χ2v) is 3.81. The molecule has 98 valence electrons. The average molecular weight is 272 g/mol. The van der Waals surface area contributed by atoms with Gasteiger partial charge in [-0.05, 0) is 11.6 Å². The molecule has 0 amide bonds. The van der Waals surface area contributed by atoms with Crippen molar-refractivity contribution in [3.63, 3.8) is 0 Å². The van der Waals surface area contributed by atoms with Gasteiger partial charge in [0.1, 0.15) is 5.52 Å². The molecule has 7 nitrogen and oxygen atoms in total. The topological polar surface area (TPSA) is 84.9 Å². The Morgan fingerprint density at radius 2 is 2.22 bits per heavy atom. The van der Waals surface area contributed by atoms with Gasteiger partial charge in [-0.1, -0.05) is 0 Å². The molecule has 0 aliphatic heterocycles. The molecule has 0 bridgehead atoms. The van der Waals surface area contributed by atoms with Gasteiger partial charge in [-0.2, -0.15) is 9.97 Å². The molecule has 2 aromatic rings. The van der Waals surface area contributed by atoms with Gasteiger partial charge in [0, 0.05) is 13.7 Å². The van der Waals surface area contributed by atoms with E-state index < -0.39 is 0 Å². The summed E-state index contributed by atoms with van der Waals surface area (Å²) < 4.78 is 10.2. The van der Waals surface area contributed by atoms with Gasteiger partial charge in [0.15, 0.2) is 11.5 Å². The van der Waals surface area contributed by atoms with E-state index in [0.717, 1.165) is 5.52 Å². The number of fused-ring (bicyclic) bond motifs is 1. The third-order valence-corrected chi connectivity index (χ3v) is 2.40. The number of imidazole rings is 1. The number of anilines is 1. The average Bonchev–Trinajstić information content (AvgIpc) is 2.81. The highest BCUT2D eigenvalue weighted by molar-refractivity contribution is 6.28. The van der Waals surface area contributed by atoms with E-state index in [1.165, 1.54) is 0 Å². The molecule has 2 heterocycles. The monoisotopic (exact) mass is 271 g/mol. The van der Waals surface area contributed by atoms with E-state index in [1.807, 2.05) is 0 Å². The lowest BCUT2D eigenvalue weighted by Crippen LogP contribution is -2.13. The van der Waals surface area contributed by atoms with Crippen LogP contribution >= 0.6 is 11.6 Å². The van der Waals surface area contributed by atoms with Gasteiger partial charge in [-0.3, -0.25) is 0 Å². The van der Waals surface area contributed by atoms with Crippen molar-refractivity contribution in [1.82, 2.24) is 19.9 Å². The van der Waals surface area contributed by atoms with Crippen LogP contribution in [0.15, 0.2) is 6.33 Å². The number of methoxy groups -OCH3 is 1. The number of aromatic amines is 1. The van der Waals surface area contributed by atoms with Crippen LogP contribution in [0.2, 0.25) is 5.28 Å². The number of H-pyrrole nitrogens is 1. The minimum Gasteiger partial charge on any atom is -0.382 e. The number of hydrogen-bond acceptors (Lipinski definition) is 6. The Morgan fingerprint density at radius 1 is 1.33 bits per heavy atom. The van der Waals surface area contributed by atoms with E-state index in [9.17, 15) is 0 Å². The largest absolute Gasteiger partial charge is 0.382 e. The predicted molar refractivity (Wildman–Crippen MR) is 67.9 cm³/mol. The second kappa shape index (κ2) is 6.48. The normalized spacial score (nSPS) is 11.0. The van der Waals surface area contributed by atoms with Crippen molar-refractivity contribution in [2.24, 2.45) is 0 Å². The van der Waals surface area contributed by atoms with Crippen LogP contribution in [0, 0.1) is 0 Å². The molecule has 0 saturated carbocycles. The summed E-state index contributed by atoms with van der Waals surface area (Å²) >= 11 is 5.80. The summed E-state index contributed by atoms with van der Waals surface area (Å²) in [5.74, 6) is 0.623. The van der Waals surface area contributed by atoms with Gasteiger partial charge < -0.3 is 19.8 Å². The molecule has 0 fully saturated rings. The maximum atomic E-state index is 5.80. The minimum absolute atomic E-state index is 0.164. The molecule has 2 aromatic heterocycles. The van der Waals surface area contributed by atoms with Gasteiger partial charge in [-0.25, -0.2) is 4.98 Å². The molecule has 0 atom stereocenters. The van der Waals surface area contributed by atoms with E-state index in [4.69, 9.17) is 21.1 Å². The van der Waals surface area contributed by atoms with Crippen LogP contribution in [0.1, 0.15) is 0 Å². The highest BCUT2D eigenvalue weighted by Crippen LogP contribution is 2.17. The van der Waals surface area contributed by atoms with Crippen molar-refractivity contribution >= 4 is 28.6 Å². The number of halogens is 1. The van der Waals surface area contributed by atoms with Crippen LogP contribution in [-0.2, 0) is 9.47 Å². The van der Waals surface area contributed by atoms with Crippen molar-refractivity contribution < 1.29 is 9.47 Å². The molecule has 8 heteroatoms. The molecule has 18 heavy (non-hydrogen) atoms. The van der Waals surface area contributed by atoms with Gasteiger partial charge in [-0.15, -0.1) is 0 Å². The fraction of sp³-hybridized carbons (Fsp3) is 0.500. The Bertz CT molecular complexity index is 504. The van der Waals surface area contributed by atoms with Crippen molar-refractivity contribution in [1.29, 1.82) is 0 Å². The summed E-state index contributed by atoms with van der Waals surface area (Å²) in [6.45, 7) is 2.33. The summed E-state index contributed by atoms with van der Waals surface area (Å²) in [7, 11) is 1.64. The molecule has 0 aliphatic carbocycles. The number of nitrogens with zero attached hydrogens (tertiary/aromatic N) is 3. The summed E-state index contributed by atoms with van der Waals surface area (Å²) in [6.07, 6.45) is 1.55. The Hall–Kier alpha value is -1.44. The minimum atomic E-state index is 0.164. The standard InChI is InChI=1S/C10H14ClN5O2/c1-17-4-5-18-3-2-12-8-7-9(14-6-13-7)16-10(11)15-8/h6H,2-5H2,1H3,(H2,12,13,14,15,16). The highest BCUT2D eigenvalue weighted by Gasteiger charge is 2.07. The Morgan fingerprint density at radius 3 is 3.06 bits per heavy atom. The predicted octanol–water partition coefficient (Wildman–Crippen LogP) is 1.08. The van der Waals surface area contributed by atoms with Crippen molar-refractivity contribution in [3.05, 3.63) is 11.6 Å². The fourth-order valence-electron chi connectivity index (χ4n) is 1.42. The zero-order valence-corrected chi connectivity index (χ0v) is 10.7. The van der Waals surface area contributed by atoms with Crippen LogP contribution in [0.25, 0.3) is 11.2 Å². The third kappa shape index (κ3) is 3.28. The number of rotatable bonds is 7. The summed E-state index contributed by atoms with van der Waals surface area (Å²) in [4.78, 5) is 15.1. The van der Waals surface area contributed by atoms with Gasteiger partial charge >= 0.3 is 0 Å². The van der Waals surface area contributed by atoms with Crippen molar-refractivity contribution in [2.45, 2.75) is 0 Å². The van der Waals surface area contributed by atoms with Crippen LogP contribution in [-0.4, -0.2) is 53.4 Å². The van der Waals surface area contributed by atoms with E-state index >= 15 is 0 Å². The lowest BCUT2D eigenvalue weighted by molar-refractivity contribution is 0.0759. The van der Waals surface area contributed by atoms with E-state index in [1.54, 1.807) is 13.4 Å². The quantitative estimate of drug-likeness (QED) is 0.579. The first kappa shape index (κ1) is 13.0.